The van der Waals surface area contributed by atoms with Crippen LogP contribution in [-0.4, -0.2) is 27.5 Å². The molecule has 1 unspecified atom stereocenters. The normalized spacial score (nSPS) is 15.8. The van der Waals surface area contributed by atoms with E-state index in [1.54, 1.807) is 6.07 Å². The summed E-state index contributed by atoms with van der Waals surface area (Å²) in [6.45, 7) is 1.88. The first-order valence-corrected chi connectivity index (χ1v) is 11.8. The van der Waals surface area contributed by atoms with Gasteiger partial charge >= 0.3 is 0 Å². The largest absolute Gasteiger partial charge is 0.495 e. The number of benzene rings is 2. The third-order valence-corrected chi connectivity index (χ3v) is 7.18. The van der Waals surface area contributed by atoms with Crippen molar-refractivity contribution in [1.82, 2.24) is 10.0 Å². The average molecular weight is 481 g/mol. The number of nitrogens with one attached hydrogen (secondary N) is 2. The highest BCUT2D eigenvalue weighted by atomic mass is 79.9. The maximum atomic E-state index is 12.9. The van der Waals surface area contributed by atoms with Crippen molar-refractivity contribution in [3.05, 3.63) is 58.1 Å². The molecule has 1 aliphatic rings. The van der Waals surface area contributed by atoms with Crippen LogP contribution < -0.4 is 14.8 Å². The first kappa shape index (κ1) is 21.8. The monoisotopic (exact) mass is 480 g/mol. The van der Waals surface area contributed by atoms with Crippen LogP contribution in [0.2, 0.25) is 0 Å². The van der Waals surface area contributed by atoms with Gasteiger partial charge in [0.2, 0.25) is 10.0 Å². The van der Waals surface area contributed by atoms with Crippen LogP contribution in [0.4, 0.5) is 0 Å². The third kappa shape index (κ3) is 5.38. The highest BCUT2D eigenvalue weighted by Crippen LogP contribution is 2.27. The fraction of sp³-hybridized carbons (Fsp3) is 0.381. The van der Waals surface area contributed by atoms with Gasteiger partial charge in [0.1, 0.15) is 10.6 Å². The molecule has 8 heteroatoms. The predicted octanol–water partition coefficient (Wildman–Crippen LogP) is 4.17. The lowest BCUT2D eigenvalue weighted by atomic mass is 10.1. The summed E-state index contributed by atoms with van der Waals surface area (Å²) in [5.41, 5.74) is 1.22. The first-order chi connectivity index (χ1) is 13.8. The average Bonchev–Trinajstić information content (AvgIpc) is 3.20. The number of sulfonamides is 1. The lowest BCUT2D eigenvalue weighted by Gasteiger charge is -2.17. The van der Waals surface area contributed by atoms with E-state index in [-0.39, 0.29) is 34.2 Å². The van der Waals surface area contributed by atoms with Gasteiger partial charge in [-0.05, 0) is 55.7 Å². The van der Waals surface area contributed by atoms with Gasteiger partial charge in [0.15, 0.2) is 0 Å². The molecule has 3 rings (SSSR count). The lowest BCUT2D eigenvalue weighted by Crippen LogP contribution is -2.33. The summed E-state index contributed by atoms with van der Waals surface area (Å²) in [5.74, 6) is -0.131. The second-order valence-electron chi connectivity index (χ2n) is 7.22. The van der Waals surface area contributed by atoms with Gasteiger partial charge in [0, 0.05) is 16.1 Å². The SMILES string of the molecule is COc1ccc(C(=O)NC(C)c2ccc(Br)cc2)cc1S(=O)(=O)NC1CCCC1. The summed E-state index contributed by atoms with van der Waals surface area (Å²) in [5, 5.41) is 2.91. The molecule has 2 N–H and O–H groups in total. The standard InChI is InChI=1S/C21H25BrN2O4S/c1-14(15-7-10-17(22)11-8-15)23-21(25)16-9-12-19(28-2)20(13-16)29(26,27)24-18-5-3-4-6-18/h7-14,18,24H,3-6H2,1-2H3,(H,23,25). The molecule has 0 aromatic heterocycles. The number of ether oxygens (including phenoxy) is 1. The zero-order valence-electron chi connectivity index (χ0n) is 16.4. The molecule has 0 aliphatic heterocycles. The second-order valence-corrected chi connectivity index (χ2v) is 9.81. The van der Waals surface area contributed by atoms with Crippen molar-refractivity contribution in [2.45, 2.75) is 49.6 Å². The van der Waals surface area contributed by atoms with Crippen molar-refractivity contribution in [2.24, 2.45) is 0 Å². The quantitative estimate of drug-likeness (QED) is 0.622. The lowest BCUT2D eigenvalue weighted by molar-refractivity contribution is 0.0939. The Kier molecular flexibility index (Phi) is 6.97. The van der Waals surface area contributed by atoms with E-state index in [2.05, 4.69) is 26.0 Å². The number of amides is 1. The number of rotatable bonds is 7. The van der Waals surface area contributed by atoms with Gasteiger partial charge in [-0.1, -0.05) is 40.9 Å². The molecule has 0 radical (unpaired) electrons. The Bertz CT molecular complexity index is 971. The molecule has 1 aliphatic carbocycles. The topological polar surface area (TPSA) is 84.5 Å². The summed E-state index contributed by atoms with van der Waals surface area (Å²) < 4.78 is 34.7. The molecule has 2 aromatic rings. The third-order valence-electron chi connectivity index (χ3n) is 5.11. The summed E-state index contributed by atoms with van der Waals surface area (Å²) in [7, 11) is -2.37. The molecule has 29 heavy (non-hydrogen) atoms. The minimum atomic E-state index is -3.79. The van der Waals surface area contributed by atoms with Crippen molar-refractivity contribution < 1.29 is 17.9 Å². The van der Waals surface area contributed by atoms with Crippen molar-refractivity contribution >= 4 is 31.9 Å². The fourth-order valence-electron chi connectivity index (χ4n) is 3.47. The van der Waals surface area contributed by atoms with Gasteiger partial charge in [0.25, 0.3) is 5.91 Å². The van der Waals surface area contributed by atoms with Gasteiger partial charge in [-0.3, -0.25) is 4.79 Å². The van der Waals surface area contributed by atoms with Crippen LogP contribution in [0.25, 0.3) is 0 Å². The first-order valence-electron chi connectivity index (χ1n) is 9.57. The molecule has 1 saturated carbocycles. The van der Waals surface area contributed by atoms with Crippen molar-refractivity contribution in [3.8, 4) is 5.75 Å². The van der Waals surface area contributed by atoms with Gasteiger partial charge in [-0.15, -0.1) is 0 Å². The van der Waals surface area contributed by atoms with E-state index < -0.39 is 10.0 Å². The smallest absolute Gasteiger partial charge is 0.251 e. The number of carbonyl (C=O) groups excluding carboxylic acids is 1. The highest BCUT2D eigenvalue weighted by molar-refractivity contribution is 9.10. The predicted molar refractivity (Wildman–Crippen MR) is 116 cm³/mol. The van der Waals surface area contributed by atoms with Gasteiger partial charge in [-0.25, -0.2) is 13.1 Å². The highest BCUT2D eigenvalue weighted by Gasteiger charge is 2.26. The van der Waals surface area contributed by atoms with E-state index in [9.17, 15) is 13.2 Å². The van der Waals surface area contributed by atoms with E-state index >= 15 is 0 Å². The Balaban J connectivity index is 1.81. The number of halogens is 1. The summed E-state index contributed by atoms with van der Waals surface area (Å²) >= 11 is 3.39. The molecule has 1 fully saturated rings. The summed E-state index contributed by atoms with van der Waals surface area (Å²) in [6, 6.07) is 11.8. The molecule has 156 valence electrons. The van der Waals surface area contributed by atoms with E-state index in [1.165, 1.54) is 19.2 Å². The van der Waals surface area contributed by atoms with Crippen LogP contribution in [0.15, 0.2) is 51.8 Å². The molecular weight excluding hydrogens is 456 g/mol. The summed E-state index contributed by atoms with van der Waals surface area (Å²) in [6.07, 6.45) is 3.68. The maximum absolute atomic E-state index is 12.9. The molecule has 0 bridgehead atoms. The van der Waals surface area contributed by atoms with E-state index in [0.717, 1.165) is 35.7 Å². The molecule has 0 saturated heterocycles. The zero-order chi connectivity index (χ0) is 21.0. The Morgan fingerprint density at radius 3 is 2.41 bits per heavy atom. The van der Waals surface area contributed by atoms with Gasteiger partial charge in [0.05, 0.1) is 13.2 Å². The maximum Gasteiger partial charge on any atom is 0.251 e. The summed E-state index contributed by atoms with van der Waals surface area (Å²) in [4.78, 5) is 12.7. The number of hydrogen-bond donors (Lipinski definition) is 2. The molecule has 0 spiro atoms. The van der Waals surface area contributed by atoms with E-state index in [4.69, 9.17) is 4.74 Å². The van der Waals surface area contributed by atoms with Crippen molar-refractivity contribution in [1.29, 1.82) is 0 Å². The Morgan fingerprint density at radius 1 is 1.14 bits per heavy atom. The van der Waals surface area contributed by atoms with E-state index in [0.29, 0.717) is 0 Å². The van der Waals surface area contributed by atoms with Crippen LogP contribution in [0, 0.1) is 0 Å². The van der Waals surface area contributed by atoms with Crippen LogP contribution in [-0.2, 0) is 10.0 Å². The van der Waals surface area contributed by atoms with Crippen LogP contribution >= 0.6 is 15.9 Å². The Morgan fingerprint density at radius 2 is 1.79 bits per heavy atom. The van der Waals surface area contributed by atoms with Crippen LogP contribution in [0.5, 0.6) is 5.75 Å². The Hall–Kier alpha value is -1.90. The van der Waals surface area contributed by atoms with Gasteiger partial charge in [-0.2, -0.15) is 0 Å². The molecule has 6 nitrogen and oxygen atoms in total. The molecule has 1 atom stereocenters. The minimum absolute atomic E-state index is 0.0177. The van der Waals surface area contributed by atoms with Crippen LogP contribution in [0.1, 0.15) is 54.6 Å². The van der Waals surface area contributed by atoms with Crippen molar-refractivity contribution in [2.75, 3.05) is 7.11 Å². The second kappa shape index (κ2) is 9.28. The number of carbonyl (C=O) groups is 1. The fourth-order valence-corrected chi connectivity index (χ4v) is 5.23. The van der Waals surface area contributed by atoms with Gasteiger partial charge < -0.3 is 10.1 Å². The minimum Gasteiger partial charge on any atom is -0.495 e. The van der Waals surface area contributed by atoms with Crippen molar-refractivity contribution in [3.63, 3.8) is 0 Å². The van der Waals surface area contributed by atoms with E-state index in [1.807, 2.05) is 31.2 Å². The number of methoxy groups -OCH3 is 1. The molecule has 1 amide bonds. The zero-order valence-corrected chi connectivity index (χ0v) is 18.8. The number of hydrogen-bond acceptors (Lipinski definition) is 4. The Labute approximate surface area is 180 Å². The molecular formula is C21H25BrN2O4S. The van der Waals surface area contributed by atoms with Crippen LogP contribution in [0.3, 0.4) is 0 Å². The molecule has 0 heterocycles. The molecule has 2 aromatic carbocycles.